The highest BCUT2D eigenvalue weighted by Crippen LogP contribution is 2.23. The van der Waals surface area contributed by atoms with Crippen LogP contribution in [0.3, 0.4) is 0 Å². The van der Waals surface area contributed by atoms with Gasteiger partial charge in [-0.15, -0.1) is 0 Å². The number of nitrogens with one attached hydrogen (secondary N) is 2. The molecule has 5 heteroatoms. The van der Waals surface area contributed by atoms with Gasteiger partial charge in [0.2, 0.25) is 5.91 Å². The zero-order valence-electron chi connectivity index (χ0n) is 11.0. The molecule has 0 aliphatic heterocycles. The molecule has 1 heterocycles. The minimum absolute atomic E-state index is 0.00767. The monoisotopic (exact) mass is 289 g/mol. The number of hydrogen-bond donors (Lipinski definition) is 2. The zero-order chi connectivity index (χ0) is 13.9. The fraction of sp³-hybridized carbons (Fsp3) is 0.333. The van der Waals surface area contributed by atoms with E-state index in [0.717, 1.165) is 24.1 Å². The predicted octanol–water partition coefficient (Wildman–Crippen LogP) is 2.48. The smallest absolute Gasteiger partial charge is 0.223 e. The molecule has 0 radical (unpaired) electrons. The largest absolute Gasteiger partial charge is 0.352 e. The van der Waals surface area contributed by atoms with Crippen molar-refractivity contribution in [2.75, 3.05) is 0 Å². The number of aromatic nitrogens is 2. The second-order valence-corrected chi connectivity index (χ2v) is 5.48. The van der Waals surface area contributed by atoms with Gasteiger partial charge in [-0.25, -0.2) is 4.98 Å². The molecule has 1 aromatic heterocycles. The maximum Gasteiger partial charge on any atom is 0.223 e. The number of carbonyl (C=O) groups excluding carboxylic acids is 1. The van der Waals surface area contributed by atoms with Gasteiger partial charge in [-0.3, -0.25) is 4.79 Å². The molecule has 104 valence electrons. The predicted molar refractivity (Wildman–Crippen MR) is 77.4 cm³/mol. The first-order chi connectivity index (χ1) is 9.74. The maximum atomic E-state index is 12.2. The van der Waals surface area contributed by atoms with Gasteiger partial charge >= 0.3 is 0 Å². The first kappa shape index (κ1) is 13.2. The number of aryl methyl sites for hydroxylation is 1. The number of nitrogens with zero attached hydrogens (tertiary/aromatic N) is 1. The van der Waals surface area contributed by atoms with Gasteiger partial charge in [0.05, 0.1) is 12.0 Å². The molecule has 1 aliphatic carbocycles. The number of benzene rings is 1. The summed E-state index contributed by atoms with van der Waals surface area (Å²) in [7, 11) is 0. The van der Waals surface area contributed by atoms with E-state index in [1.165, 1.54) is 5.69 Å². The van der Waals surface area contributed by atoms with Crippen molar-refractivity contribution in [2.45, 2.75) is 25.8 Å². The molecule has 1 unspecified atom stereocenters. The van der Waals surface area contributed by atoms with Crippen LogP contribution in [-0.2, 0) is 24.2 Å². The highest BCUT2D eigenvalue weighted by molar-refractivity contribution is 6.31. The average Bonchev–Trinajstić information content (AvgIpc) is 2.93. The molecule has 3 rings (SSSR count). The van der Waals surface area contributed by atoms with E-state index < -0.39 is 0 Å². The fourth-order valence-electron chi connectivity index (χ4n) is 2.59. The molecule has 20 heavy (non-hydrogen) atoms. The van der Waals surface area contributed by atoms with Crippen LogP contribution in [0.15, 0.2) is 30.6 Å². The summed E-state index contributed by atoms with van der Waals surface area (Å²) < 4.78 is 0. The van der Waals surface area contributed by atoms with E-state index in [-0.39, 0.29) is 11.8 Å². The highest BCUT2D eigenvalue weighted by atomic mass is 35.5. The maximum absolute atomic E-state index is 12.2. The van der Waals surface area contributed by atoms with Crippen molar-refractivity contribution in [3.05, 3.63) is 52.6 Å². The Balaban J connectivity index is 1.59. The molecule has 0 spiro atoms. The van der Waals surface area contributed by atoms with Crippen molar-refractivity contribution in [3.8, 4) is 0 Å². The third-order valence-electron chi connectivity index (χ3n) is 3.77. The minimum atomic E-state index is 0.00767. The number of amides is 1. The Morgan fingerprint density at radius 1 is 1.45 bits per heavy atom. The molecule has 2 aromatic rings. The number of fused-ring (bicyclic) bond motifs is 1. The highest BCUT2D eigenvalue weighted by Gasteiger charge is 2.26. The van der Waals surface area contributed by atoms with Crippen LogP contribution in [0, 0.1) is 5.92 Å². The lowest BCUT2D eigenvalue weighted by Crippen LogP contribution is -2.33. The summed E-state index contributed by atoms with van der Waals surface area (Å²) in [5, 5.41) is 3.66. The minimum Gasteiger partial charge on any atom is -0.352 e. The second kappa shape index (κ2) is 5.67. The van der Waals surface area contributed by atoms with Gasteiger partial charge in [0, 0.05) is 29.6 Å². The summed E-state index contributed by atoms with van der Waals surface area (Å²) in [6.45, 7) is 0.475. The van der Waals surface area contributed by atoms with Crippen molar-refractivity contribution in [3.63, 3.8) is 0 Å². The Kier molecular flexibility index (Phi) is 3.74. The van der Waals surface area contributed by atoms with Crippen LogP contribution in [0.25, 0.3) is 0 Å². The van der Waals surface area contributed by atoms with Crippen molar-refractivity contribution >= 4 is 17.5 Å². The lowest BCUT2D eigenvalue weighted by molar-refractivity contribution is -0.125. The SMILES string of the molecule is O=C(NCc1ccccc1Cl)C1CCc2[nH]cnc2C1. The lowest BCUT2D eigenvalue weighted by atomic mass is 9.89. The molecule has 1 amide bonds. The van der Waals surface area contributed by atoms with Crippen molar-refractivity contribution in [1.29, 1.82) is 0 Å². The number of carbonyl (C=O) groups is 1. The van der Waals surface area contributed by atoms with E-state index in [2.05, 4.69) is 15.3 Å². The summed E-state index contributed by atoms with van der Waals surface area (Å²) in [4.78, 5) is 19.6. The van der Waals surface area contributed by atoms with Gasteiger partial charge in [0.25, 0.3) is 0 Å². The van der Waals surface area contributed by atoms with Gasteiger partial charge < -0.3 is 10.3 Å². The topological polar surface area (TPSA) is 57.8 Å². The molecule has 2 N–H and O–H groups in total. The Morgan fingerprint density at radius 2 is 2.30 bits per heavy atom. The van der Waals surface area contributed by atoms with E-state index in [1.807, 2.05) is 24.3 Å². The lowest BCUT2D eigenvalue weighted by Gasteiger charge is -2.20. The number of halogens is 1. The van der Waals surface area contributed by atoms with Gasteiger partial charge in [0.15, 0.2) is 0 Å². The van der Waals surface area contributed by atoms with E-state index in [0.29, 0.717) is 18.0 Å². The van der Waals surface area contributed by atoms with Crippen molar-refractivity contribution in [1.82, 2.24) is 15.3 Å². The molecule has 4 nitrogen and oxygen atoms in total. The van der Waals surface area contributed by atoms with E-state index >= 15 is 0 Å². The van der Waals surface area contributed by atoms with Crippen molar-refractivity contribution in [2.24, 2.45) is 5.92 Å². The van der Waals surface area contributed by atoms with Gasteiger partial charge in [-0.1, -0.05) is 29.8 Å². The summed E-state index contributed by atoms with van der Waals surface area (Å²) >= 11 is 6.08. The van der Waals surface area contributed by atoms with Gasteiger partial charge in [-0.2, -0.15) is 0 Å². The number of hydrogen-bond acceptors (Lipinski definition) is 2. The Bertz CT molecular complexity index is 623. The average molecular weight is 290 g/mol. The van der Waals surface area contributed by atoms with Gasteiger partial charge in [-0.05, 0) is 24.5 Å². The molecule has 1 aliphatic rings. The summed E-state index contributed by atoms with van der Waals surface area (Å²) in [6.07, 6.45) is 4.17. The molecular formula is C15H16ClN3O. The normalized spacial score (nSPS) is 17.6. The molecule has 0 bridgehead atoms. The Hall–Kier alpha value is -1.81. The molecule has 0 fully saturated rings. The fourth-order valence-corrected chi connectivity index (χ4v) is 2.79. The van der Waals surface area contributed by atoms with Crippen LogP contribution in [0.1, 0.15) is 23.4 Å². The standard InChI is InChI=1S/C15H16ClN3O/c16-12-4-2-1-3-11(12)8-17-15(20)10-5-6-13-14(7-10)19-9-18-13/h1-4,9-10H,5-8H2,(H,17,20)(H,18,19). The second-order valence-electron chi connectivity index (χ2n) is 5.08. The van der Waals surface area contributed by atoms with E-state index in [9.17, 15) is 4.79 Å². The Morgan fingerprint density at radius 3 is 3.15 bits per heavy atom. The van der Waals surface area contributed by atoms with Crippen LogP contribution < -0.4 is 5.32 Å². The summed E-state index contributed by atoms with van der Waals surface area (Å²) in [6, 6.07) is 7.56. The number of imidazole rings is 1. The molecule has 0 saturated heterocycles. The molecule has 0 saturated carbocycles. The van der Waals surface area contributed by atoms with Crippen molar-refractivity contribution < 1.29 is 4.79 Å². The quantitative estimate of drug-likeness (QED) is 0.912. The van der Waals surface area contributed by atoms with Gasteiger partial charge in [0.1, 0.15) is 0 Å². The third-order valence-corrected chi connectivity index (χ3v) is 4.14. The number of rotatable bonds is 3. The Labute approximate surface area is 122 Å². The number of aromatic amines is 1. The van der Waals surface area contributed by atoms with E-state index in [4.69, 9.17) is 11.6 Å². The third kappa shape index (κ3) is 2.70. The zero-order valence-corrected chi connectivity index (χ0v) is 11.8. The summed E-state index contributed by atoms with van der Waals surface area (Å²) in [5.74, 6) is 0.0897. The van der Waals surface area contributed by atoms with Crippen LogP contribution in [-0.4, -0.2) is 15.9 Å². The number of H-pyrrole nitrogens is 1. The van der Waals surface area contributed by atoms with Crippen LogP contribution in [0.4, 0.5) is 0 Å². The first-order valence-corrected chi connectivity index (χ1v) is 7.14. The molecule has 1 aromatic carbocycles. The summed E-state index contributed by atoms with van der Waals surface area (Å²) in [5.41, 5.74) is 3.13. The first-order valence-electron chi connectivity index (χ1n) is 6.76. The van der Waals surface area contributed by atoms with E-state index in [1.54, 1.807) is 6.33 Å². The van der Waals surface area contributed by atoms with Crippen LogP contribution in [0.5, 0.6) is 0 Å². The molecular weight excluding hydrogens is 274 g/mol. The molecule has 1 atom stereocenters. The van der Waals surface area contributed by atoms with Crippen LogP contribution >= 0.6 is 11.6 Å². The van der Waals surface area contributed by atoms with Crippen LogP contribution in [0.2, 0.25) is 5.02 Å².